The lowest BCUT2D eigenvalue weighted by Gasteiger charge is -2.15. The highest BCUT2D eigenvalue weighted by Crippen LogP contribution is 2.15. The van der Waals surface area contributed by atoms with Crippen LogP contribution < -0.4 is 5.32 Å². The van der Waals surface area contributed by atoms with E-state index in [4.69, 9.17) is 11.6 Å². The van der Waals surface area contributed by atoms with Gasteiger partial charge in [-0.1, -0.05) is 23.7 Å². The van der Waals surface area contributed by atoms with Gasteiger partial charge in [0.05, 0.1) is 0 Å². The Hall–Kier alpha value is -1.61. The van der Waals surface area contributed by atoms with Crippen molar-refractivity contribution >= 4 is 17.3 Å². The van der Waals surface area contributed by atoms with Gasteiger partial charge in [-0.15, -0.1) is 0 Å². The first-order chi connectivity index (χ1) is 8.63. The van der Waals surface area contributed by atoms with E-state index in [1.807, 2.05) is 19.1 Å². The summed E-state index contributed by atoms with van der Waals surface area (Å²) in [6, 6.07) is 10.5. The fourth-order valence-electron chi connectivity index (χ4n) is 1.85. The quantitative estimate of drug-likeness (QED) is 0.847. The first-order valence-electron chi connectivity index (χ1n) is 5.76. The van der Waals surface area contributed by atoms with Crippen molar-refractivity contribution in [2.75, 3.05) is 5.32 Å². The Morgan fingerprint density at radius 3 is 2.89 bits per heavy atom. The van der Waals surface area contributed by atoms with Crippen LogP contribution in [0.4, 0.5) is 10.1 Å². The van der Waals surface area contributed by atoms with Crippen molar-refractivity contribution < 1.29 is 4.39 Å². The van der Waals surface area contributed by atoms with E-state index in [-0.39, 0.29) is 11.9 Å². The zero-order valence-electron chi connectivity index (χ0n) is 10.0. The van der Waals surface area contributed by atoms with Crippen molar-refractivity contribution in [1.82, 2.24) is 4.98 Å². The number of hydrogen-bond acceptors (Lipinski definition) is 2. The fourth-order valence-corrected chi connectivity index (χ4v) is 2.02. The SMILES string of the molecule is CC(Cc1cccc(F)c1)Nc1ccnc(Cl)c1. The standard InChI is InChI=1S/C14H14ClFN2/c1-10(7-11-3-2-4-12(16)8-11)18-13-5-6-17-14(15)9-13/h2-6,8-10H,7H2,1H3,(H,17,18). The molecule has 1 unspecified atom stereocenters. The first-order valence-corrected chi connectivity index (χ1v) is 6.14. The molecular weight excluding hydrogens is 251 g/mol. The molecule has 0 bridgehead atoms. The van der Waals surface area contributed by atoms with Crippen LogP contribution in [0.25, 0.3) is 0 Å². The summed E-state index contributed by atoms with van der Waals surface area (Å²) in [4.78, 5) is 3.92. The summed E-state index contributed by atoms with van der Waals surface area (Å²) in [5, 5.41) is 3.76. The van der Waals surface area contributed by atoms with Gasteiger partial charge in [-0.25, -0.2) is 9.37 Å². The molecule has 4 heteroatoms. The molecule has 0 fully saturated rings. The predicted octanol–water partition coefficient (Wildman–Crippen LogP) is 3.92. The minimum Gasteiger partial charge on any atom is -0.382 e. The summed E-state index contributed by atoms with van der Waals surface area (Å²) in [6.45, 7) is 2.04. The normalized spacial score (nSPS) is 12.2. The number of pyridine rings is 1. The second-order valence-electron chi connectivity index (χ2n) is 4.25. The Kier molecular flexibility index (Phi) is 4.15. The van der Waals surface area contributed by atoms with Crippen LogP contribution in [0.2, 0.25) is 5.15 Å². The number of hydrogen-bond donors (Lipinski definition) is 1. The number of anilines is 1. The topological polar surface area (TPSA) is 24.9 Å². The van der Waals surface area contributed by atoms with Crippen LogP contribution in [0.5, 0.6) is 0 Å². The summed E-state index contributed by atoms with van der Waals surface area (Å²) in [5.41, 5.74) is 1.88. The second-order valence-corrected chi connectivity index (χ2v) is 4.63. The molecule has 0 spiro atoms. The van der Waals surface area contributed by atoms with Crippen LogP contribution in [0.1, 0.15) is 12.5 Å². The van der Waals surface area contributed by atoms with Crippen molar-refractivity contribution in [2.45, 2.75) is 19.4 Å². The molecule has 1 heterocycles. The molecule has 0 saturated carbocycles. The average Bonchev–Trinajstić information content (AvgIpc) is 2.28. The van der Waals surface area contributed by atoms with E-state index < -0.39 is 0 Å². The van der Waals surface area contributed by atoms with Gasteiger partial charge in [0.1, 0.15) is 11.0 Å². The van der Waals surface area contributed by atoms with Crippen LogP contribution in [0.3, 0.4) is 0 Å². The molecule has 0 aliphatic heterocycles. The van der Waals surface area contributed by atoms with E-state index in [9.17, 15) is 4.39 Å². The van der Waals surface area contributed by atoms with Gasteiger partial charge in [-0.3, -0.25) is 0 Å². The van der Waals surface area contributed by atoms with E-state index in [1.54, 1.807) is 24.4 Å². The van der Waals surface area contributed by atoms with E-state index in [0.717, 1.165) is 17.7 Å². The number of nitrogens with one attached hydrogen (secondary N) is 1. The maximum absolute atomic E-state index is 13.1. The van der Waals surface area contributed by atoms with Crippen LogP contribution in [-0.2, 0) is 6.42 Å². The molecule has 1 aromatic carbocycles. The molecule has 1 N–H and O–H groups in total. The molecule has 1 aromatic heterocycles. The maximum atomic E-state index is 13.1. The Morgan fingerprint density at radius 1 is 1.33 bits per heavy atom. The molecule has 0 amide bonds. The lowest BCUT2D eigenvalue weighted by molar-refractivity contribution is 0.624. The largest absolute Gasteiger partial charge is 0.382 e. The van der Waals surface area contributed by atoms with Crippen LogP contribution in [0.15, 0.2) is 42.6 Å². The van der Waals surface area contributed by atoms with Crippen molar-refractivity contribution in [3.05, 3.63) is 59.1 Å². The summed E-state index contributed by atoms with van der Waals surface area (Å²) >= 11 is 5.81. The van der Waals surface area contributed by atoms with Gasteiger partial charge in [-0.2, -0.15) is 0 Å². The zero-order chi connectivity index (χ0) is 13.0. The van der Waals surface area contributed by atoms with Gasteiger partial charge in [0.2, 0.25) is 0 Å². The molecule has 18 heavy (non-hydrogen) atoms. The first kappa shape index (κ1) is 12.8. The number of nitrogens with zero attached hydrogens (tertiary/aromatic N) is 1. The molecule has 2 nitrogen and oxygen atoms in total. The number of benzene rings is 1. The van der Waals surface area contributed by atoms with Gasteiger partial charge in [0, 0.05) is 17.9 Å². The smallest absolute Gasteiger partial charge is 0.131 e. The Labute approximate surface area is 111 Å². The van der Waals surface area contributed by atoms with Crippen molar-refractivity contribution in [2.24, 2.45) is 0 Å². The molecule has 0 aliphatic carbocycles. The maximum Gasteiger partial charge on any atom is 0.131 e. The molecule has 2 rings (SSSR count). The zero-order valence-corrected chi connectivity index (χ0v) is 10.8. The Balaban J connectivity index is 1.98. The van der Waals surface area contributed by atoms with E-state index in [2.05, 4.69) is 10.3 Å². The van der Waals surface area contributed by atoms with E-state index in [0.29, 0.717) is 5.15 Å². The highest BCUT2D eigenvalue weighted by Gasteiger charge is 2.05. The van der Waals surface area contributed by atoms with Gasteiger partial charge < -0.3 is 5.32 Å². The van der Waals surface area contributed by atoms with Crippen molar-refractivity contribution in [3.8, 4) is 0 Å². The van der Waals surface area contributed by atoms with Gasteiger partial charge in [0.15, 0.2) is 0 Å². The lowest BCUT2D eigenvalue weighted by atomic mass is 10.1. The molecule has 0 radical (unpaired) electrons. The monoisotopic (exact) mass is 264 g/mol. The minimum absolute atomic E-state index is 0.185. The van der Waals surface area contributed by atoms with Crippen LogP contribution >= 0.6 is 11.6 Å². The molecular formula is C14H14ClFN2. The highest BCUT2D eigenvalue weighted by molar-refractivity contribution is 6.29. The van der Waals surface area contributed by atoms with E-state index in [1.165, 1.54) is 6.07 Å². The third-order valence-electron chi connectivity index (χ3n) is 2.57. The summed E-state index contributed by atoms with van der Waals surface area (Å²) < 4.78 is 13.1. The number of aromatic nitrogens is 1. The second kappa shape index (κ2) is 5.83. The molecule has 1 atom stereocenters. The summed E-state index contributed by atoms with van der Waals surface area (Å²) in [6.07, 6.45) is 2.40. The molecule has 0 aliphatic rings. The van der Waals surface area contributed by atoms with Crippen LogP contribution in [0, 0.1) is 5.82 Å². The van der Waals surface area contributed by atoms with Crippen molar-refractivity contribution in [3.63, 3.8) is 0 Å². The fraction of sp³-hybridized carbons (Fsp3) is 0.214. The number of rotatable bonds is 4. The molecule has 94 valence electrons. The minimum atomic E-state index is -0.202. The van der Waals surface area contributed by atoms with E-state index >= 15 is 0 Å². The van der Waals surface area contributed by atoms with Crippen molar-refractivity contribution in [1.29, 1.82) is 0 Å². The number of halogens is 2. The van der Waals surface area contributed by atoms with Crippen LogP contribution in [-0.4, -0.2) is 11.0 Å². The summed E-state index contributed by atoms with van der Waals surface area (Å²) in [7, 11) is 0. The molecule has 2 aromatic rings. The van der Waals surface area contributed by atoms with Gasteiger partial charge >= 0.3 is 0 Å². The average molecular weight is 265 g/mol. The predicted molar refractivity (Wildman–Crippen MR) is 72.4 cm³/mol. The Morgan fingerprint density at radius 2 is 2.17 bits per heavy atom. The Bertz CT molecular complexity index is 483. The third-order valence-corrected chi connectivity index (χ3v) is 2.78. The molecule has 0 saturated heterocycles. The third kappa shape index (κ3) is 3.70. The lowest BCUT2D eigenvalue weighted by Crippen LogP contribution is -2.18. The van der Waals surface area contributed by atoms with Gasteiger partial charge in [-0.05, 0) is 43.2 Å². The summed E-state index contributed by atoms with van der Waals surface area (Å²) in [5.74, 6) is -0.202. The van der Waals surface area contributed by atoms with Gasteiger partial charge in [0.25, 0.3) is 0 Å². The highest BCUT2D eigenvalue weighted by atomic mass is 35.5.